The third-order valence-electron chi connectivity index (χ3n) is 2.04. The van der Waals surface area contributed by atoms with Crippen LogP contribution in [0.15, 0.2) is 0 Å². The van der Waals surface area contributed by atoms with E-state index < -0.39 is 11.9 Å². The minimum atomic E-state index is -0.948. The summed E-state index contributed by atoms with van der Waals surface area (Å²) in [7, 11) is 0. The van der Waals surface area contributed by atoms with Gasteiger partial charge in [-0.15, -0.1) is 0 Å². The highest BCUT2D eigenvalue weighted by Gasteiger charge is 2.08. The highest BCUT2D eigenvalue weighted by molar-refractivity contribution is 5.69. The number of nitrogens with zero attached hydrogens (tertiary/aromatic N) is 1. The van der Waals surface area contributed by atoms with Gasteiger partial charge in [-0.25, -0.2) is 0 Å². The Kier molecular flexibility index (Phi) is 8.89. The minimum Gasteiger partial charge on any atom is -0.480 e. The van der Waals surface area contributed by atoms with E-state index in [0.717, 1.165) is 6.29 Å². The van der Waals surface area contributed by atoms with E-state index in [-0.39, 0.29) is 13.1 Å². The van der Waals surface area contributed by atoms with Crippen molar-refractivity contribution in [3.63, 3.8) is 0 Å². The molecule has 0 radical (unpaired) electrons. The fraction of sp³-hybridized carbons (Fsp3) is 0.700. The molecule has 0 fully saturated rings. The Morgan fingerprint density at radius 3 is 2.41 bits per heavy atom. The van der Waals surface area contributed by atoms with Crippen LogP contribution in [0.2, 0.25) is 0 Å². The van der Waals surface area contributed by atoms with Crippen molar-refractivity contribution in [1.29, 1.82) is 0 Å². The Balaban J connectivity index is 3.79. The van der Waals surface area contributed by atoms with E-state index in [1.165, 1.54) is 0 Å². The molecule has 0 heterocycles. The topological polar surface area (TPSA) is 107 Å². The first-order chi connectivity index (χ1) is 8.06. The lowest BCUT2D eigenvalue weighted by atomic mass is 10.3. The normalized spacial score (nSPS) is 10.4. The Morgan fingerprint density at radius 2 is 1.88 bits per heavy atom. The van der Waals surface area contributed by atoms with Crippen LogP contribution in [-0.4, -0.2) is 66.1 Å². The number of aldehydes is 1. The lowest BCUT2D eigenvalue weighted by Gasteiger charge is -2.19. The predicted octanol–water partition coefficient (Wildman–Crippen LogP) is -0.974. The van der Waals surface area contributed by atoms with Crippen molar-refractivity contribution in [2.45, 2.75) is 12.8 Å². The maximum absolute atomic E-state index is 10.6. The zero-order chi connectivity index (χ0) is 13.1. The molecule has 0 aromatic heterocycles. The number of unbranched alkanes of at least 4 members (excludes halogenated alkanes) is 1. The minimum absolute atomic E-state index is 0.104. The second-order valence-corrected chi connectivity index (χ2v) is 3.55. The van der Waals surface area contributed by atoms with Crippen LogP contribution in [0.3, 0.4) is 0 Å². The van der Waals surface area contributed by atoms with Crippen LogP contribution in [-0.2, 0) is 14.4 Å². The lowest BCUT2D eigenvalue weighted by molar-refractivity contribution is -0.139. The Bertz CT molecular complexity index is 257. The van der Waals surface area contributed by atoms with Gasteiger partial charge in [0.1, 0.15) is 6.29 Å². The number of carbonyl (C=O) groups excluding carboxylic acids is 1. The van der Waals surface area contributed by atoms with Gasteiger partial charge >= 0.3 is 11.9 Å². The fourth-order valence-corrected chi connectivity index (χ4v) is 1.29. The van der Waals surface area contributed by atoms with Crippen molar-refractivity contribution >= 4 is 18.2 Å². The van der Waals surface area contributed by atoms with Crippen molar-refractivity contribution < 1.29 is 24.6 Å². The van der Waals surface area contributed by atoms with Crippen LogP contribution in [0.1, 0.15) is 12.8 Å². The van der Waals surface area contributed by atoms with Crippen LogP contribution in [0.5, 0.6) is 0 Å². The standard InChI is InChI=1S/C10H18N2O5/c13-6-2-1-4-12(8-10(16)17)5-3-11-7-9(14)15/h6,11H,1-5,7-8H2,(H,14,15)(H,16,17). The number of rotatable bonds is 11. The van der Waals surface area contributed by atoms with Crippen molar-refractivity contribution in [3.05, 3.63) is 0 Å². The van der Waals surface area contributed by atoms with E-state index in [1.807, 2.05) is 0 Å². The van der Waals surface area contributed by atoms with Gasteiger partial charge in [-0.2, -0.15) is 0 Å². The van der Waals surface area contributed by atoms with Gasteiger partial charge in [-0.1, -0.05) is 0 Å². The average molecular weight is 246 g/mol. The molecule has 0 unspecified atom stereocenters. The van der Waals surface area contributed by atoms with Gasteiger partial charge < -0.3 is 20.3 Å². The van der Waals surface area contributed by atoms with E-state index >= 15 is 0 Å². The zero-order valence-electron chi connectivity index (χ0n) is 9.59. The maximum Gasteiger partial charge on any atom is 0.317 e. The van der Waals surface area contributed by atoms with Crippen LogP contribution < -0.4 is 5.32 Å². The molecule has 0 bridgehead atoms. The first-order valence-electron chi connectivity index (χ1n) is 5.36. The second kappa shape index (κ2) is 9.73. The molecule has 0 aliphatic carbocycles. The summed E-state index contributed by atoms with van der Waals surface area (Å²) >= 11 is 0. The van der Waals surface area contributed by atoms with Gasteiger partial charge in [0.05, 0.1) is 13.1 Å². The summed E-state index contributed by atoms with van der Waals surface area (Å²) < 4.78 is 0. The molecule has 98 valence electrons. The molecule has 3 N–H and O–H groups in total. The number of nitrogens with one attached hydrogen (secondary N) is 1. The van der Waals surface area contributed by atoms with Crippen LogP contribution in [0.4, 0.5) is 0 Å². The quantitative estimate of drug-likeness (QED) is 0.318. The summed E-state index contributed by atoms with van der Waals surface area (Å²) in [6.45, 7) is 1.11. The van der Waals surface area contributed by atoms with E-state index in [9.17, 15) is 14.4 Å². The number of hydrogen-bond acceptors (Lipinski definition) is 5. The van der Waals surface area contributed by atoms with Gasteiger partial charge in [0.15, 0.2) is 0 Å². The number of carbonyl (C=O) groups is 3. The fourth-order valence-electron chi connectivity index (χ4n) is 1.29. The molecule has 0 saturated heterocycles. The molecule has 0 aliphatic heterocycles. The number of carboxylic acid groups (broad SMARTS) is 2. The Hall–Kier alpha value is -1.47. The molecule has 0 rings (SSSR count). The SMILES string of the molecule is O=CCCCN(CCNCC(=O)O)CC(=O)O. The number of aliphatic carboxylic acids is 2. The van der Waals surface area contributed by atoms with Crippen molar-refractivity contribution in [1.82, 2.24) is 10.2 Å². The Morgan fingerprint density at radius 1 is 1.18 bits per heavy atom. The summed E-state index contributed by atoms with van der Waals surface area (Å²) in [6.07, 6.45) is 1.80. The Labute approximate surface area is 99.4 Å². The highest BCUT2D eigenvalue weighted by atomic mass is 16.4. The first-order valence-corrected chi connectivity index (χ1v) is 5.36. The van der Waals surface area contributed by atoms with Crippen molar-refractivity contribution in [3.8, 4) is 0 Å². The molecule has 0 aromatic carbocycles. The van der Waals surface area contributed by atoms with E-state index in [4.69, 9.17) is 10.2 Å². The van der Waals surface area contributed by atoms with E-state index in [0.29, 0.717) is 32.5 Å². The number of hydrogen-bond donors (Lipinski definition) is 3. The summed E-state index contributed by atoms with van der Waals surface area (Å²) in [4.78, 5) is 32.6. The molecule has 17 heavy (non-hydrogen) atoms. The molecule has 7 nitrogen and oxygen atoms in total. The van der Waals surface area contributed by atoms with E-state index in [1.54, 1.807) is 4.90 Å². The third-order valence-corrected chi connectivity index (χ3v) is 2.04. The van der Waals surface area contributed by atoms with Gasteiger partial charge in [0, 0.05) is 19.5 Å². The van der Waals surface area contributed by atoms with Gasteiger partial charge in [0.2, 0.25) is 0 Å². The summed E-state index contributed by atoms with van der Waals surface area (Å²) in [5.74, 6) is -1.88. The van der Waals surface area contributed by atoms with Gasteiger partial charge in [0.25, 0.3) is 0 Å². The maximum atomic E-state index is 10.6. The van der Waals surface area contributed by atoms with Gasteiger partial charge in [-0.3, -0.25) is 14.5 Å². The molecular weight excluding hydrogens is 228 g/mol. The molecule has 0 amide bonds. The lowest BCUT2D eigenvalue weighted by Crippen LogP contribution is -2.37. The molecular formula is C10H18N2O5. The summed E-state index contributed by atoms with van der Waals surface area (Å²) in [5.41, 5.74) is 0. The molecule has 7 heteroatoms. The average Bonchev–Trinajstić information content (AvgIpc) is 2.23. The zero-order valence-corrected chi connectivity index (χ0v) is 9.59. The van der Waals surface area contributed by atoms with Crippen molar-refractivity contribution in [2.75, 3.05) is 32.7 Å². The molecule has 0 atom stereocenters. The van der Waals surface area contributed by atoms with Crippen LogP contribution >= 0.6 is 0 Å². The van der Waals surface area contributed by atoms with Crippen molar-refractivity contribution in [2.24, 2.45) is 0 Å². The molecule has 0 spiro atoms. The predicted molar refractivity (Wildman–Crippen MR) is 59.9 cm³/mol. The third kappa shape index (κ3) is 10.8. The summed E-state index contributed by atoms with van der Waals surface area (Å²) in [5, 5.41) is 19.7. The highest BCUT2D eigenvalue weighted by Crippen LogP contribution is 1.93. The van der Waals surface area contributed by atoms with E-state index in [2.05, 4.69) is 5.32 Å². The first kappa shape index (κ1) is 15.5. The monoisotopic (exact) mass is 246 g/mol. The number of carboxylic acids is 2. The van der Waals surface area contributed by atoms with Gasteiger partial charge in [-0.05, 0) is 13.0 Å². The van der Waals surface area contributed by atoms with Crippen LogP contribution in [0.25, 0.3) is 0 Å². The second-order valence-electron chi connectivity index (χ2n) is 3.55. The van der Waals surface area contributed by atoms with Crippen LogP contribution in [0, 0.1) is 0 Å². The largest absolute Gasteiger partial charge is 0.480 e. The molecule has 0 aromatic rings. The molecule has 0 aliphatic rings. The molecule has 0 saturated carbocycles. The summed E-state index contributed by atoms with van der Waals surface area (Å²) in [6, 6.07) is 0. The smallest absolute Gasteiger partial charge is 0.317 e.